The van der Waals surface area contributed by atoms with E-state index >= 15 is 0 Å². The Hall–Kier alpha value is -2.36. The van der Waals surface area contributed by atoms with Crippen molar-refractivity contribution in [2.75, 3.05) is 18.0 Å². The van der Waals surface area contributed by atoms with Gasteiger partial charge < -0.3 is 10.0 Å². The smallest absolute Gasteiger partial charge is 0.305 e. The fourth-order valence-electron chi connectivity index (χ4n) is 2.34. The van der Waals surface area contributed by atoms with Crippen LogP contribution >= 0.6 is 0 Å². The summed E-state index contributed by atoms with van der Waals surface area (Å²) in [5.41, 5.74) is 2.41. The highest BCUT2D eigenvalue weighted by Crippen LogP contribution is 2.13. The van der Waals surface area contributed by atoms with Crippen LogP contribution in [0.1, 0.15) is 24.0 Å². The van der Waals surface area contributed by atoms with Crippen molar-refractivity contribution in [3.63, 3.8) is 0 Å². The summed E-state index contributed by atoms with van der Waals surface area (Å²) in [6.07, 6.45) is 3.90. The van der Waals surface area contributed by atoms with E-state index in [1.165, 1.54) is 5.56 Å². The fraction of sp³-hybridized carbons (Fsp3) is 0.333. The Balaban J connectivity index is 1.95. The van der Waals surface area contributed by atoms with Gasteiger partial charge in [0.25, 0.3) is 0 Å². The van der Waals surface area contributed by atoms with Crippen LogP contribution in [0.3, 0.4) is 0 Å². The van der Waals surface area contributed by atoms with Crippen LogP contribution in [0.5, 0.6) is 0 Å². The van der Waals surface area contributed by atoms with Crippen LogP contribution < -0.4 is 4.90 Å². The standard InChI is InChI=1S/C18H22N2O2/c1-15-9-10-17(19-14-15)20(13-11-18(21)22)12-5-8-16-6-3-2-4-7-16/h2-4,6-7,9-10,14H,5,8,11-13H2,1H3,(H,21,22). The Bertz CT molecular complexity index is 582. The molecule has 2 rings (SSSR count). The number of pyridine rings is 1. The summed E-state index contributed by atoms with van der Waals surface area (Å²) < 4.78 is 0. The maximum Gasteiger partial charge on any atom is 0.305 e. The van der Waals surface area contributed by atoms with Crippen molar-refractivity contribution in [1.29, 1.82) is 0 Å². The third-order valence-electron chi connectivity index (χ3n) is 3.55. The number of anilines is 1. The molecule has 0 aliphatic heterocycles. The molecule has 0 fully saturated rings. The minimum atomic E-state index is -0.778. The summed E-state index contributed by atoms with van der Waals surface area (Å²) in [5, 5.41) is 8.91. The summed E-state index contributed by atoms with van der Waals surface area (Å²) in [6, 6.07) is 14.3. The molecule has 1 N–H and O–H groups in total. The minimum Gasteiger partial charge on any atom is -0.481 e. The summed E-state index contributed by atoms with van der Waals surface area (Å²) >= 11 is 0. The predicted molar refractivity (Wildman–Crippen MR) is 88.2 cm³/mol. The van der Waals surface area contributed by atoms with Crippen LogP contribution in [-0.2, 0) is 11.2 Å². The third kappa shape index (κ3) is 5.20. The Morgan fingerprint density at radius 3 is 2.55 bits per heavy atom. The molecule has 2 aromatic rings. The zero-order valence-corrected chi connectivity index (χ0v) is 12.9. The molecule has 1 heterocycles. The summed E-state index contributed by atoms with van der Waals surface area (Å²) in [6.45, 7) is 3.28. The van der Waals surface area contributed by atoms with Crippen LogP contribution in [0.4, 0.5) is 5.82 Å². The van der Waals surface area contributed by atoms with Gasteiger partial charge in [0.1, 0.15) is 5.82 Å². The lowest BCUT2D eigenvalue weighted by Crippen LogP contribution is -2.28. The van der Waals surface area contributed by atoms with Crippen molar-refractivity contribution in [2.24, 2.45) is 0 Å². The molecular formula is C18H22N2O2. The second-order valence-corrected chi connectivity index (χ2v) is 5.41. The van der Waals surface area contributed by atoms with Gasteiger partial charge in [-0.15, -0.1) is 0 Å². The molecular weight excluding hydrogens is 276 g/mol. The summed E-state index contributed by atoms with van der Waals surface area (Å²) in [4.78, 5) is 17.3. The number of aryl methyl sites for hydroxylation is 2. The molecule has 0 amide bonds. The van der Waals surface area contributed by atoms with Crippen LogP contribution in [-0.4, -0.2) is 29.1 Å². The molecule has 0 saturated carbocycles. The number of hydrogen-bond donors (Lipinski definition) is 1. The van der Waals surface area contributed by atoms with Gasteiger partial charge in [-0.05, 0) is 37.0 Å². The Kier molecular flexibility index (Phi) is 5.95. The van der Waals surface area contributed by atoms with Gasteiger partial charge in [0.2, 0.25) is 0 Å². The molecule has 22 heavy (non-hydrogen) atoms. The second kappa shape index (κ2) is 8.17. The molecule has 4 heteroatoms. The van der Waals surface area contributed by atoms with Gasteiger partial charge in [0.05, 0.1) is 6.42 Å². The maximum atomic E-state index is 10.8. The van der Waals surface area contributed by atoms with Crippen molar-refractivity contribution < 1.29 is 9.90 Å². The molecule has 1 aromatic carbocycles. The highest BCUT2D eigenvalue weighted by molar-refractivity contribution is 5.67. The largest absolute Gasteiger partial charge is 0.481 e. The molecule has 0 bridgehead atoms. The van der Waals surface area contributed by atoms with E-state index < -0.39 is 5.97 Å². The van der Waals surface area contributed by atoms with Gasteiger partial charge in [0.15, 0.2) is 0 Å². The molecule has 0 atom stereocenters. The van der Waals surface area contributed by atoms with E-state index in [9.17, 15) is 4.79 Å². The lowest BCUT2D eigenvalue weighted by molar-refractivity contribution is -0.136. The van der Waals surface area contributed by atoms with Crippen molar-refractivity contribution >= 4 is 11.8 Å². The van der Waals surface area contributed by atoms with E-state index in [0.717, 1.165) is 30.8 Å². The van der Waals surface area contributed by atoms with Crippen molar-refractivity contribution in [3.8, 4) is 0 Å². The van der Waals surface area contributed by atoms with Gasteiger partial charge >= 0.3 is 5.97 Å². The number of nitrogens with zero attached hydrogens (tertiary/aromatic N) is 2. The van der Waals surface area contributed by atoms with E-state index in [1.807, 2.05) is 43.5 Å². The number of benzene rings is 1. The van der Waals surface area contributed by atoms with Crippen LogP contribution in [0.25, 0.3) is 0 Å². The van der Waals surface area contributed by atoms with E-state index in [2.05, 4.69) is 22.0 Å². The van der Waals surface area contributed by atoms with Gasteiger partial charge in [-0.1, -0.05) is 36.4 Å². The number of carboxylic acid groups (broad SMARTS) is 1. The quantitative estimate of drug-likeness (QED) is 0.812. The van der Waals surface area contributed by atoms with Crippen molar-refractivity contribution in [1.82, 2.24) is 4.98 Å². The molecule has 0 aliphatic carbocycles. The minimum absolute atomic E-state index is 0.126. The Morgan fingerprint density at radius 2 is 1.91 bits per heavy atom. The van der Waals surface area contributed by atoms with Crippen molar-refractivity contribution in [3.05, 3.63) is 59.8 Å². The molecule has 0 radical (unpaired) electrons. The summed E-state index contributed by atoms with van der Waals surface area (Å²) in [7, 11) is 0. The maximum absolute atomic E-state index is 10.8. The molecule has 0 spiro atoms. The topological polar surface area (TPSA) is 53.4 Å². The van der Waals surface area contributed by atoms with Crippen LogP contribution in [0, 0.1) is 6.92 Å². The lowest BCUT2D eigenvalue weighted by Gasteiger charge is -2.23. The third-order valence-corrected chi connectivity index (χ3v) is 3.55. The summed E-state index contributed by atoms with van der Waals surface area (Å²) in [5.74, 6) is 0.0695. The molecule has 0 saturated heterocycles. The highest BCUT2D eigenvalue weighted by atomic mass is 16.4. The predicted octanol–water partition coefficient (Wildman–Crippen LogP) is 3.30. The molecule has 1 aromatic heterocycles. The average Bonchev–Trinajstić information content (AvgIpc) is 2.52. The van der Waals surface area contributed by atoms with Crippen LogP contribution in [0.15, 0.2) is 48.7 Å². The van der Waals surface area contributed by atoms with Gasteiger partial charge in [-0.25, -0.2) is 4.98 Å². The van der Waals surface area contributed by atoms with Gasteiger partial charge in [0, 0.05) is 19.3 Å². The monoisotopic (exact) mass is 298 g/mol. The number of rotatable bonds is 8. The first-order valence-electron chi connectivity index (χ1n) is 7.58. The number of hydrogen-bond acceptors (Lipinski definition) is 3. The van der Waals surface area contributed by atoms with E-state index in [1.54, 1.807) is 0 Å². The normalized spacial score (nSPS) is 10.4. The number of aliphatic carboxylic acids is 1. The van der Waals surface area contributed by atoms with E-state index in [-0.39, 0.29) is 6.42 Å². The number of carbonyl (C=O) groups is 1. The first-order valence-corrected chi connectivity index (χ1v) is 7.58. The van der Waals surface area contributed by atoms with Crippen LogP contribution in [0.2, 0.25) is 0 Å². The molecule has 0 aliphatic rings. The second-order valence-electron chi connectivity index (χ2n) is 5.41. The van der Waals surface area contributed by atoms with E-state index in [4.69, 9.17) is 5.11 Å². The molecule has 116 valence electrons. The van der Waals surface area contributed by atoms with Gasteiger partial charge in [-0.2, -0.15) is 0 Å². The molecule has 4 nitrogen and oxygen atoms in total. The van der Waals surface area contributed by atoms with Crippen molar-refractivity contribution in [2.45, 2.75) is 26.2 Å². The van der Waals surface area contributed by atoms with E-state index in [0.29, 0.717) is 6.54 Å². The SMILES string of the molecule is Cc1ccc(N(CCCc2ccccc2)CCC(=O)O)nc1. The number of carboxylic acids is 1. The van der Waals surface area contributed by atoms with Gasteiger partial charge in [-0.3, -0.25) is 4.79 Å². The zero-order valence-electron chi connectivity index (χ0n) is 12.9. The number of aromatic nitrogens is 1. The first kappa shape index (κ1) is 16.0. The zero-order chi connectivity index (χ0) is 15.8. The average molecular weight is 298 g/mol. The first-order chi connectivity index (χ1) is 10.6. The highest BCUT2D eigenvalue weighted by Gasteiger charge is 2.09. The molecule has 0 unspecified atom stereocenters. The Labute approximate surface area is 131 Å². The Morgan fingerprint density at radius 1 is 1.14 bits per heavy atom. The lowest BCUT2D eigenvalue weighted by atomic mass is 10.1. The fourth-order valence-corrected chi connectivity index (χ4v) is 2.34.